The second-order valence-electron chi connectivity index (χ2n) is 5.43. The van der Waals surface area contributed by atoms with Crippen LogP contribution in [0.1, 0.15) is 31.2 Å². The molecular formula is C14H24N4O. The zero-order valence-corrected chi connectivity index (χ0v) is 12.1. The van der Waals surface area contributed by atoms with Gasteiger partial charge in [-0.3, -0.25) is 9.48 Å². The van der Waals surface area contributed by atoms with Gasteiger partial charge < -0.3 is 10.6 Å². The van der Waals surface area contributed by atoms with Crippen molar-refractivity contribution < 1.29 is 4.79 Å². The first kappa shape index (κ1) is 14.1. The van der Waals surface area contributed by atoms with Crippen LogP contribution < -0.4 is 10.6 Å². The predicted molar refractivity (Wildman–Crippen MR) is 74.9 cm³/mol. The van der Waals surface area contributed by atoms with Gasteiger partial charge in [0.2, 0.25) is 5.91 Å². The first-order valence-corrected chi connectivity index (χ1v) is 7.10. The molecule has 2 heterocycles. The summed E-state index contributed by atoms with van der Waals surface area (Å²) < 4.78 is 2.00. The van der Waals surface area contributed by atoms with Crippen molar-refractivity contribution in [3.05, 3.63) is 17.5 Å². The minimum Gasteiger partial charge on any atom is -0.356 e. The van der Waals surface area contributed by atoms with E-state index >= 15 is 0 Å². The molecule has 5 heteroatoms. The number of rotatable bonds is 5. The van der Waals surface area contributed by atoms with Crippen LogP contribution >= 0.6 is 0 Å². The summed E-state index contributed by atoms with van der Waals surface area (Å²) in [6.45, 7) is 8.67. The lowest BCUT2D eigenvalue weighted by molar-refractivity contribution is -0.125. The fraction of sp³-hybridized carbons (Fsp3) is 0.714. The third kappa shape index (κ3) is 3.56. The summed E-state index contributed by atoms with van der Waals surface area (Å²) in [6.07, 6.45) is 1.87. The van der Waals surface area contributed by atoms with Crippen LogP contribution in [-0.4, -0.2) is 34.8 Å². The van der Waals surface area contributed by atoms with Crippen LogP contribution in [-0.2, 0) is 11.3 Å². The molecule has 1 aliphatic rings. The highest BCUT2D eigenvalue weighted by Crippen LogP contribution is 2.14. The Bertz CT molecular complexity index is 441. The maximum Gasteiger partial charge on any atom is 0.224 e. The molecule has 5 nitrogen and oxygen atoms in total. The summed E-state index contributed by atoms with van der Waals surface area (Å²) >= 11 is 0. The number of amides is 1. The summed E-state index contributed by atoms with van der Waals surface area (Å²) in [5.74, 6) is 0.319. The van der Waals surface area contributed by atoms with Crippen molar-refractivity contribution in [3.8, 4) is 0 Å². The minimum absolute atomic E-state index is 0.133. The lowest BCUT2D eigenvalue weighted by atomic mass is 10.0. The average molecular weight is 264 g/mol. The van der Waals surface area contributed by atoms with E-state index in [1.807, 2.05) is 11.6 Å². The van der Waals surface area contributed by atoms with Gasteiger partial charge in [0.05, 0.1) is 11.6 Å². The third-order valence-electron chi connectivity index (χ3n) is 3.81. The number of aromatic nitrogens is 2. The fourth-order valence-corrected chi connectivity index (χ4v) is 2.69. The molecular weight excluding hydrogens is 240 g/mol. The van der Waals surface area contributed by atoms with Gasteiger partial charge in [-0.25, -0.2) is 0 Å². The first-order valence-electron chi connectivity index (χ1n) is 7.10. The van der Waals surface area contributed by atoms with Gasteiger partial charge in [-0.05, 0) is 46.2 Å². The molecule has 2 unspecified atom stereocenters. The lowest BCUT2D eigenvalue weighted by Crippen LogP contribution is -2.37. The van der Waals surface area contributed by atoms with Crippen LogP contribution in [0.5, 0.6) is 0 Å². The monoisotopic (exact) mass is 264 g/mol. The molecule has 0 saturated carbocycles. The van der Waals surface area contributed by atoms with E-state index < -0.39 is 0 Å². The highest BCUT2D eigenvalue weighted by atomic mass is 16.1. The quantitative estimate of drug-likeness (QED) is 0.780. The number of carbonyl (C=O) groups is 1. The Kier molecular flexibility index (Phi) is 4.58. The maximum atomic E-state index is 12.0. The molecule has 0 bridgehead atoms. The standard InChI is InChI=1S/C14H24N4O/c1-10-9-11(2)18(17-10)8-4-6-16-14(19)13-5-7-15-12(13)3/h9,12-13,15H,4-8H2,1-3H3,(H,16,19). The second-order valence-corrected chi connectivity index (χ2v) is 5.43. The van der Waals surface area contributed by atoms with Gasteiger partial charge in [0.25, 0.3) is 0 Å². The molecule has 1 aliphatic heterocycles. The van der Waals surface area contributed by atoms with Crippen LogP contribution in [0.2, 0.25) is 0 Å². The molecule has 1 saturated heterocycles. The molecule has 2 rings (SSSR count). The Hall–Kier alpha value is -1.36. The van der Waals surface area contributed by atoms with E-state index in [2.05, 4.69) is 35.6 Å². The van der Waals surface area contributed by atoms with Crippen molar-refractivity contribution >= 4 is 5.91 Å². The Morgan fingerprint density at radius 2 is 2.37 bits per heavy atom. The molecule has 1 fully saturated rings. The molecule has 2 atom stereocenters. The van der Waals surface area contributed by atoms with Crippen LogP contribution in [0, 0.1) is 19.8 Å². The van der Waals surface area contributed by atoms with E-state index in [9.17, 15) is 4.79 Å². The number of nitrogens with one attached hydrogen (secondary N) is 2. The zero-order chi connectivity index (χ0) is 13.8. The van der Waals surface area contributed by atoms with E-state index in [1.165, 1.54) is 5.69 Å². The number of hydrogen-bond donors (Lipinski definition) is 2. The largest absolute Gasteiger partial charge is 0.356 e. The number of hydrogen-bond acceptors (Lipinski definition) is 3. The molecule has 0 radical (unpaired) electrons. The number of nitrogens with zero attached hydrogens (tertiary/aromatic N) is 2. The summed E-state index contributed by atoms with van der Waals surface area (Å²) in [5.41, 5.74) is 2.23. The van der Waals surface area contributed by atoms with Gasteiger partial charge in [0.15, 0.2) is 0 Å². The molecule has 1 aromatic heterocycles. The molecule has 1 aromatic rings. The third-order valence-corrected chi connectivity index (χ3v) is 3.81. The fourth-order valence-electron chi connectivity index (χ4n) is 2.69. The summed E-state index contributed by atoms with van der Waals surface area (Å²) in [5, 5.41) is 10.7. The minimum atomic E-state index is 0.133. The van der Waals surface area contributed by atoms with Crippen molar-refractivity contribution in [2.24, 2.45) is 5.92 Å². The Labute approximate surface area is 114 Å². The van der Waals surface area contributed by atoms with Crippen molar-refractivity contribution in [1.82, 2.24) is 20.4 Å². The number of carbonyl (C=O) groups excluding carboxylic acids is 1. The van der Waals surface area contributed by atoms with Crippen molar-refractivity contribution in [2.45, 2.75) is 46.2 Å². The summed E-state index contributed by atoms with van der Waals surface area (Å²) in [4.78, 5) is 12.0. The normalized spacial score (nSPS) is 22.7. The Balaban J connectivity index is 1.69. The van der Waals surface area contributed by atoms with Crippen molar-refractivity contribution in [3.63, 3.8) is 0 Å². The van der Waals surface area contributed by atoms with E-state index in [4.69, 9.17) is 0 Å². The Morgan fingerprint density at radius 1 is 1.58 bits per heavy atom. The second kappa shape index (κ2) is 6.19. The topological polar surface area (TPSA) is 59.0 Å². The van der Waals surface area contributed by atoms with Gasteiger partial charge in [-0.2, -0.15) is 5.10 Å². The van der Waals surface area contributed by atoms with Gasteiger partial charge in [-0.15, -0.1) is 0 Å². The van der Waals surface area contributed by atoms with Crippen LogP contribution in [0.3, 0.4) is 0 Å². The average Bonchev–Trinajstić information content (AvgIpc) is 2.91. The number of aryl methyl sites for hydroxylation is 3. The predicted octanol–water partition coefficient (Wildman–Crippen LogP) is 1.00. The van der Waals surface area contributed by atoms with Gasteiger partial charge in [0, 0.05) is 24.8 Å². The first-order chi connectivity index (χ1) is 9.08. The molecule has 2 N–H and O–H groups in total. The van der Waals surface area contributed by atoms with E-state index in [0.717, 1.165) is 38.2 Å². The van der Waals surface area contributed by atoms with Crippen LogP contribution in [0.25, 0.3) is 0 Å². The van der Waals surface area contributed by atoms with Crippen LogP contribution in [0.4, 0.5) is 0 Å². The lowest BCUT2D eigenvalue weighted by Gasteiger charge is -2.14. The molecule has 1 amide bonds. The van der Waals surface area contributed by atoms with E-state index in [1.54, 1.807) is 0 Å². The van der Waals surface area contributed by atoms with Crippen molar-refractivity contribution in [1.29, 1.82) is 0 Å². The van der Waals surface area contributed by atoms with Gasteiger partial charge >= 0.3 is 0 Å². The van der Waals surface area contributed by atoms with Gasteiger partial charge in [-0.1, -0.05) is 0 Å². The van der Waals surface area contributed by atoms with Gasteiger partial charge in [0.1, 0.15) is 0 Å². The SMILES string of the molecule is Cc1cc(C)n(CCCNC(=O)C2CCNC2C)n1. The van der Waals surface area contributed by atoms with Crippen LogP contribution in [0.15, 0.2) is 6.07 Å². The summed E-state index contributed by atoms with van der Waals surface area (Å²) in [6, 6.07) is 2.38. The molecule has 0 aliphatic carbocycles. The highest BCUT2D eigenvalue weighted by molar-refractivity contribution is 5.79. The van der Waals surface area contributed by atoms with E-state index in [-0.39, 0.29) is 11.8 Å². The van der Waals surface area contributed by atoms with E-state index in [0.29, 0.717) is 6.04 Å². The summed E-state index contributed by atoms with van der Waals surface area (Å²) in [7, 11) is 0. The molecule has 0 aromatic carbocycles. The Morgan fingerprint density at radius 3 is 2.95 bits per heavy atom. The zero-order valence-electron chi connectivity index (χ0n) is 12.1. The molecule has 0 spiro atoms. The highest BCUT2D eigenvalue weighted by Gasteiger charge is 2.28. The maximum absolute atomic E-state index is 12.0. The van der Waals surface area contributed by atoms with Crippen molar-refractivity contribution in [2.75, 3.05) is 13.1 Å². The molecule has 106 valence electrons. The molecule has 19 heavy (non-hydrogen) atoms. The smallest absolute Gasteiger partial charge is 0.224 e.